The number of hydrogen-bond acceptors (Lipinski definition) is 9. The molecule has 250 valence electrons. The van der Waals surface area contributed by atoms with Crippen molar-refractivity contribution in [2.45, 2.75) is 88.9 Å². The summed E-state index contributed by atoms with van der Waals surface area (Å²) < 4.78 is 5.18. The Morgan fingerprint density at radius 3 is 2.13 bits per heavy atom. The number of hydrogen-bond donors (Lipinski definition) is 7. The molecule has 13 nitrogen and oxygen atoms in total. The Morgan fingerprint density at radius 1 is 0.935 bits per heavy atom. The van der Waals surface area contributed by atoms with E-state index in [4.69, 9.17) is 10.5 Å². The zero-order chi connectivity index (χ0) is 33.6. The molecule has 46 heavy (non-hydrogen) atoms. The van der Waals surface area contributed by atoms with E-state index in [1.54, 1.807) is 67.6 Å². The number of carbonyl (C=O) groups is 5. The van der Waals surface area contributed by atoms with Gasteiger partial charge in [-0.1, -0.05) is 80.9 Å². The fourth-order valence-electron chi connectivity index (χ4n) is 5.22. The van der Waals surface area contributed by atoms with Crippen LogP contribution in [-0.4, -0.2) is 82.7 Å². The normalized spacial score (nSPS) is 18.2. The first-order valence-electron chi connectivity index (χ1n) is 15.5. The minimum absolute atomic E-state index is 0.0414. The molecule has 2 aromatic carbocycles. The summed E-state index contributed by atoms with van der Waals surface area (Å²) in [5.74, 6) is -3.48. The molecular weight excluding hydrogens is 594 g/mol. The van der Waals surface area contributed by atoms with E-state index in [-0.39, 0.29) is 24.9 Å². The number of ketones is 1. The number of nitrogens with one attached hydrogen (secondary N) is 4. The lowest BCUT2D eigenvalue weighted by molar-refractivity contribution is -0.141. The van der Waals surface area contributed by atoms with Gasteiger partial charge in [0, 0.05) is 0 Å². The van der Waals surface area contributed by atoms with E-state index in [9.17, 15) is 34.2 Å². The molecule has 2 aromatic rings. The molecular formula is C33H45N5O8. The van der Waals surface area contributed by atoms with Gasteiger partial charge in [-0.15, -0.1) is 0 Å². The van der Waals surface area contributed by atoms with Gasteiger partial charge in [0.2, 0.25) is 17.7 Å². The Bertz CT molecular complexity index is 1310. The highest BCUT2D eigenvalue weighted by Crippen LogP contribution is 2.17. The zero-order valence-corrected chi connectivity index (χ0v) is 26.2. The van der Waals surface area contributed by atoms with Crippen LogP contribution >= 0.6 is 0 Å². The molecule has 1 heterocycles. The number of primary amides is 1. The summed E-state index contributed by atoms with van der Waals surface area (Å²) in [5.41, 5.74) is 6.69. The molecule has 1 aliphatic rings. The average molecular weight is 640 g/mol. The molecule has 13 heteroatoms. The van der Waals surface area contributed by atoms with Gasteiger partial charge in [-0.25, -0.2) is 4.79 Å². The van der Waals surface area contributed by atoms with E-state index >= 15 is 0 Å². The van der Waals surface area contributed by atoms with E-state index in [2.05, 4.69) is 21.3 Å². The van der Waals surface area contributed by atoms with Gasteiger partial charge in [0.1, 0.15) is 24.9 Å². The molecule has 0 aromatic heterocycles. The van der Waals surface area contributed by atoms with Crippen LogP contribution in [0.3, 0.4) is 0 Å². The molecule has 0 radical (unpaired) electrons. The SMILES string of the molecule is CC[C@H](C)[C@H](NC(=O)[C@@H]1CCCN1)C(O)C(=O)C(O)[C@H](Cc1ccccc1)NC(=O)[C@H](CC(N)=O)NC(=O)OCc1ccccc1. The Balaban J connectivity index is 1.78. The first kappa shape index (κ1) is 36.1. The topological polar surface area (TPSA) is 209 Å². The molecule has 8 N–H and O–H groups in total. The second-order valence-corrected chi connectivity index (χ2v) is 11.6. The smallest absolute Gasteiger partial charge is 0.408 e. The standard InChI is InChI=1S/C33H45N5O8/c1-3-20(2)27(38-31(43)23-15-10-16-35-23)29(41)30(42)28(40)24(17-21-11-6-4-7-12-21)36-32(44)25(18-26(34)39)37-33(45)46-19-22-13-8-5-9-14-22/h4-9,11-14,20,23-25,27-29,35,40-41H,3,10,15-19H2,1-2H3,(H2,34,39)(H,36,44)(H,37,45)(H,38,43)/t20-,23-,24-,25-,27-,28?,29?/m0/s1. The van der Waals surface area contributed by atoms with E-state index in [0.29, 0.717) is 30.5 Å². The summed E-state index contributed by atoms with van der Waals surface area (Å²) in [6.07, 6.45) is -3.37. The average Bonchev–Trinajstić information content (AvgIpc) is 3.60. The summed E-state index contributed by atoms with van der Waals surface area (Å²) in [6.45, 7) is 4.21. The Morgan fingerprint density at radius 2 is 1.57 bits per heavy atom. The monoisotopic (exact) mass is 639 g/mol. The van der Waals surface area contributed by atoms with Gasteiger partial charge >= 0.3 is 6.09 Å². The third kappa shape index (κ3) is 10.9. The van der Waals surface area contributed by atoms with Crippen molar-refractivity contribution in [1.29, 1.82) is 0 Å². The molecule has 0 spiro atoms. The summed E-state index contributed by atoms with van der Waals surface area (Å²) in [5, 5.41) is 33.2. The van der Waals surface area contributed by atoms with Crippen molar-refractivity contribution in [1.82, 2.24) is 21.3 Å². The molecule has 0 saturated carbocycles. The summed E-state index contributed by atoms with van der Waals surface area (Å²) >= 11 is 0. The predicted octanol–water partition coefficient (Wildman–Crippen LogP) is 0.458. The quantitative estimate of drug-likeness (QED) is 0.128. The highest BCUT2D eigenvalue weighted by atomic mass is 16.5. The van der Waals surface area contributed by atoms with Crippen LogP contribution in [0.1, 0.15) is 50.7 Å². The first-order valence-corrected chi connectivity index (χ1v) is 15.5. The van der Waals surface area contributed by atoms with Gasteiger partial charge in [-0.3, -0.25) is 19.2 Å². The largest absolute Gasteiger partial charge is 0.445 e. The van der Waals surface area contributed by atoms with Crippen molar-refractivity contribution in [3.63, 3.8) is 0 Å². The van der Waals surface area contributed by atoms with E-state index in [1.807, 2.05) is 6.92 Å². The molecule has 0 bridgehead atoms. The Labute approximate surface area is 268 Å². The van der Waals surface area contributed by atoms with Crippen LogP contribution in [0, 0.1) is 5.92 Å². The highest BCUT2D eigenvalue weighted by Gasteiger charge is 2.40. The van der Waals surface area contributed by atoms with E-state index in [0.717, 1.165) is 6.42 Å². The molecule has 0 aliphatic carbocycles. The number of aliphatic hydroxyl groups excluding tert-OH is 2. The Hall–Kier alpha value is -4.33. The van der Waals surface area contributed by atoms with Crippen molar-refractivity contribution in [3.8, 4) is 0 Å². The molecule has 4 amide bonds. The minimum atomic E-state index is -1.92. The molecule has 1 aliphatic heterocycles. The zero-order valence-electron chi connectivity index (χ0n) is 26.2. The second-order valence-electron chi connectivity index (χ2n) is 11.6. The maximum Gasteiger partial charge on any atom is 0.408 e. The number of carbonyl (C=O) groups excluding carboxylic acids is 5. The fraction of sp³-hybridized carbons (Fsp3) is 0.485. The van der Waals surface area contributed by atoms with Crippen LogP contribution in [0.15, 0.2) is 60.7 Å². The van der Waals surface area contributed by atoms with Gasteiger partial charge in [-0.2, -0.15) is 0 Å². The second kappa shape index (κ2) is 18.0. The summed E-state index contributed by atoms with van der Waals surface area (Å²) in [6, 6.07) is 13.3. The first-order chi connectivity index (χ1) is 22.0. The van der Waals surface area contributed by atoms with Crippen molar-refractivity contribution >= 4 is 29.6 Å². The third-order valence-electron chi connectivity index (χ3n) is 8.10. The lowest BCUT2D eigenvalue weighted by Gasteiger charge is -2.32. The number of aliphatic hydroxyl groups is 2. The molecule has 1 fully saturated rings. The summed E-state index contributed by atoms with van der Waals surface area (Å²) in [4.78, 5) is 64.2. The fourth-order valence-corrected chi connectivity index (χ4v) is 5.22. The number of alkyl carbamates (subject to hydrolysis) is 1. The maximum atomic E-state index is 13.6. The lowest BCUT2D eigenvalue weighted by Crippen LogP contribution is -2.60. The van der Waals surface area contributed by atoms with Crippen molar-refractivity contribution in [2.75, 3.05) is 6.54 Å². The summed E-state index contributed by atoms with van der Waals surface area (Å²) in [7, 11) is 0. The lowest BCUT2D eigenvalue weighted by atomic mass is 9.87. The molecule has 2 unspecified atom stereocenters. The molecule has 3 rings (SSSR count). The van der Waals surface area contributed by atoms with E-state index in [1.165, 1.54) is 0 Å². The Kier molecular flexibility index (Phi) is 14.1. The van der Waals surface area contributed by atoms with Gasteiger partial charge in [0.25, 0.3) is 0 Å². The number of benzene rings is 2. The molecule has 7 atom stereocenters. The van der Waals surface area contributed by atoms with Crippen molar-refractivity contribution in [3.05, 3.63) is 71.8 Å². The van der Waals surface area contributed by atoms with Crippen LogP contribution in [0.4, 0.5) is 4.79 Å². The number of ether oxygens (including phenoxy) is 1. The number of Topliss-reactive ketones (excluding diaryl/α,β-unsaturated/α-hetero) is 1. The van der Waals surface area contributed by atoms with Crippen LogP contribution in [0.2, 0.25) is 0 Å². The minimum Gasteiger partial charge on any atom is -0.445 e. The van der Waals surface area contributed by atoms with Gasteiger partial charge < -0.3 is 42.0 Å². The van der Waals surface area contributed by atoms with Crippen LogP contribution in [0.25, 0.3) is 0 Å². The van der Waals surface area contributed by atoms with Gasteiger partial charge in [0.05, 0.1) is 24.5 Å². The maximum absolute atomic E-state index is 13.6. The van der Waals surface area contributed by atoms with Crippen LogP contribution in [-0.2, 0) is 36.9 Å². The van der Waals surface area contributed by atoms with Gasteiger partial charge in [-0.05, 0) is 42.9 Å². The predicted molar refractivity (Wildman–Crippen MR) is 169 cm³/mol. The number of rotatable bonds is 17. The van der Waals surface area contributed by atoms with Gasteiger partial charge in [0.15, 0.2) is 5.78 Å². The number of amides is 4. The van der Waals surface area contributed by atoms with Crippen LogP contribution in [0.5, 0.6) is 0 Å². The van der Waals surface area contributed by atoms with Crippen LogP contribution < -0.4 is 27.0 Å². The number of nitrogens with two attached hydrogens (primary N) is 1. The van der Waals surface area contributed by atoms with E-state index < -0.39 is 66.5 Å². The molecule has 1 saturated heterocycles. The van der Waals surface area contributed by atoms with Crippen molar-refractivity contribution in [2.24, 2.45) is 11.7 Å². The van der Waals surface area contributed by atoms with Crippen molar-refractivity contribution < 1.29 is 38.9 Å². The third-order valence-corrected chi connectivity index (χ3v) is 8.10. The highest BCUT2D eigenvalue weighted by molar-refractivity contribution is 5.93.